The second-order valence-corrected chi connectivity index (χ2v) is 6.39. The number of aromatic nitrogens is 2. The number of hydrogen-bond acceptors (Lipinski definition) is 4. The third kappa shape index (κ3) is 2.78. The average Bonchev–Trinajstić information content (AvgIpc) is 3.40. The monoisotopic (exact) mass is 294 g/mol. The Bertz CT molecular complexity index is 658. The summed E-state index contributed by atoms with van der Waals surface area (Å²) >= 11 is 0. The Kier molecular flexibility index (Phi) is 3.45. The van der Waals surface area contributed by atoms with E-state index >= 15 is 0 Å². The molecule has 2 fully saturated rings. The lowest BCUT2D eigenvalue weighted by molar-refractivity contribution is 0.646. The molecular formula is C18H22N4. The van der Waals surface area contributed by atoms with Gasteiger partial charge in [-0.25, -0.2) is 9.97 Å². The molecule has 1 aromatic carbocycles. The van der Waals surface area contributed by atoms with E-state index in [1.165, 1.54) is 29.8 Å². The molecule has 0 atom stereocenters. The Labute approximate surface area is 131 Å². The van der Waals surface area contributed by atoms with Gasteiger partial charge in [0.2, 0.25) is 0 Å². The van der Waals surface area contributed by atoms with E-state index in [1.54, 1.807) is 6.33 Å². The Morgan fingerprint density at radius 3 is 2.45 bits per heavy atom. The zero-order valence-corrected chi connectivity index (χ0v) is 13.1. The molecular weight excluding hydrogens is 272 g/mol. The van der Waals surface area contributed by atoms with Crippen LogP contribution < -0.4 is 9.80 Å². The summed E-state index contributed by atoms with van der Waals surface area (Å²) in [4.78, 5) is 13.8. The molecule has 1 saturated carbocycles. The van der Waals surface area contributed by atoms with Gasteiger partial charge >= 0.3 is 0 Å². The lowest BCUT2D eigenvalue weighted by atomic mass is 10.2. The summed E-state index contributed by atoms with van der Waals surface area (Å²) < 4.78 is 0. The first kappa shape index (κ1) is 13.6. The van der Waals surface area contributed by atoms with Crippen molar-refractivity contribution in [2.24, 2.45) is 0 Å². The molecule has 4 nitrogen and oxygen atoms in total. The van der Waals surface area contributed by atoms with Gasteiger partial charge < -0.3 is 9.80 Å². The van der Waals surface area contributed by atoms with Gasteiger partial charge in [-0.15, -0.1) is 0 Å². The summed E-state index contributed by atoms with van der Waals surface area (Å²) in [5.41, 5.74) is 3.89. The van der Waals surface area contributed by atoms with E-state index in [0.29, 0.717) is 5.92 Å². The normalized spacial score (nSPS) is 18.6. The van der Waals surface area contributed by atoms with Crippen molar-refractivity contribution in [3.05, 3.63) is 47.9 Å². The highest BCUT2D eigenvalue weighted by atomic mass is 15.3. The first-order valence-corrected chi connectivity index (χ1v) is 8.18. The van der Waals surface area contributed by atoms with Crippen molar-refractivity contribution in [3.8, 4) is 0 Å². The Morgan fingerprint density at radius 2 is 1.73 bits per heavy atom. The van der Waals surface area contributed by atoms with E-state index in [1.807, 2.05) is 0 Å². The molecule has 0 N–H and O–H groups in total. The summed E-state index contributed by atoms with van der Waals surface area (Å²) in [6.45, 7) is 6.29. The molecule has 1 aliphatic carbocycles. The molecule has 2 aromatic rings. The summed E-state index contributed by atoms with van der Waals surface area (Å²) in [6, 6.07) is 11.0. The van der Waals surface area contributed by atoms with Crippen molar-refractivity contribution < 1.29 is 0 Å². The molecule has 1 aromatic heterocycles. The van der Waals surface area contributed by atoms with Gasteiger partial charge in [-0.1, -0.05) is 12.1 Å². The van der Waals surface area contributed by atoms with Crippen LogP contribution in [0.25, 0.3) is 0 Å². The van der Waals surface area contributed by atoms with Gasteiger partial charge in [-0.2, -0.15) is 0 Å². The predicted octanol–water partition coefficient (Wildman–Crippen LogP) is 2.99. The van der Waals surface area contributed by atoms with Crippen molar-refractivity contribution in [1.29, 1.82) is 0 Å². The Hall–Kier alpha value is -2.10. The quantitative estimate of drug-likeness (QED) is 0.871. The highest BCUT2D eigenvalue weighted by Gasteiger charge is 2.26. The van der Waals surface area contributed by atoms with Gasteiger partial charge in [-0.3, -0.25) is 0 Å². The molecule has 22 heavy (non-hydrogen) atoms. The van der Waals surface area contributed by atoms with Crippen molar-refractivity contribution >= 4 is 11.5 Å². The fourth-order valence-electron chi connectivity index (χ4n) is 3.16. The van der Waals surface area contributed by atoms with Crippen LogP contribution in [0.2, 0.25) is 0 Å². The lowest BCUT2D eigenvalue weighted by Crippen LogP contribution is -2.46. The van der Waals surface area contributed by atoms with Gasteiger partial charge in [0.25, 0.3) is 0 Å². The first-order chi connectivity index (χ1) is 10.8. The molecule has 114 valence electrons. The van der Waals surface area contributed by atoms with E-state index in [9.17, 15) is 0 Å². The molecule has 0 radical (unpaired) electrons. The van der Waals surface area contributed by atoms with Crippen LogP contribution in [0.5, 0.6) is 0 Å². The van der Waals surface area contributed by atoms with E-state index < -0.39 is 0 Å². The van der Waals surface area contributed by atoms with Gasteiger partial charge in [0.15, 0.2) is 0 Å². The van der Waals surface area contributed by atoms with Gasteiger partial charge in [-0.05, 0) is 37.5 Å². The standard InChI is InChI=1S/C18H22N4/c1-14-3-2-4-16(11-14)21-7-9-22(10-8-21)18-12-17(15-5-6-15)19-13-20-18/h2-4,11-13,15H,5-10H2,1H3. The maximum Gasteiger partial charge on any atom is 0.132 e. The van der Waals surface area contributed by atoms with Crippen molar-refractivity contribution in [2.45, 2.75) is 25.7 Å². The van der Waals surface area contributed by atoms with E-state index in [2.05, 4.69) is 57.0 Å². The summed E-state index contributed by atoms with van der Waals surface area (Å²) in [7, 11) is 0. The first-order valence-electron chi connectivity index (χ1n) is 8.18. The SMILES string of the molecule is Cc1cccc(N2CCN(c3cc(C4CC4)ncn3)CC2)c1. The molecule has 0 bridgehead atoms. The summed E-state index contributed by atoms with van der Waals surface area (Å²) in [5.74, 6) is 1.79. The number of anilines is 2. The second-order valence-electron chi connectivity index (χ2n) is 6.39. The van der Waals surface area contributed by atoms with E-state index in [0.717, 1.165) is 32.0 Å². The minimum Gasteiger partial charge on any atom is -0.368 e. The smallest absolute Gasteiger partial charge is 0.132 e. The molecule has 2 heterocycles. The third-order valence-corrected chi connectivity index (χ3v) is 4.64. The maximum absolute atomic E-state index is 4.48. The minimum absolute atomic E-state index is 0.690. The third-order valence-electron chi connectivity index (χ3n) is 4.64. The average molecular weight is 294 g/mol. The van der Waals surface area contributed by atoms with Crippen LogP contribution in [-0.2, 0) is 0 Å². The number of rotatable bonds is 3. The molecule has 1 saturated heterocycles. The zero-order chi connectivity index (χ0) is 14.9. The van der Waals surface area contributed by atoms with Crippen LogP contribution in [0, 0.1) is 6.92 Å². The minimum atomic E-state index is 0.690. The molecule has 4 heteroatoms. The fourth-order valence-corrected chi connectivity index (χ4v) is 3.16. The molecule has 0 unspecified atom stereocenters. The highest BCUT2D eigenvalue weighted by molar-refractivity contribution is 5.51. The predicted molar refractivity (Wildman–Crippen MR) is 89.6 cm³/mol. The molecule has 0 spiro atoms. The van der Waals surface area contributed by atoms with Gasteiger partial charge in [0, 0.05) is 49.5 Å². The number of hydrogen-bond donors (Lipinski definition) is 0. The number of benzene rings is 1. The Morgan fingerprint density at radius 1 is 0.955 bits per heavy atom. The van der Waals surface area contributed by atoms with Gasteiger partial charge in [0.1, 0.15) is 12.1 Å². The topological polar surface area (TPSA) is 32.3 Å². The zero-order valence-electron chi connectivity index (χ0n) is 13.1. The van der Waals surface area contributed by atoms with E-state index in [4.69, 9.17) is 0 Å². The molecule has 1 aliphatic heterocycles. The van der Waals surface area contributed by atoms with Crippen LogP contribution in [0.3, 0.4) is 0 Å². The summed E-state index contributed by atoms with van der Waals surface area (Å²) in [6.07, 6.45) is 4.31. The highest BCUT2D eigenvalue weighted by Crippen LogP contribution is 2.39. The van der Waals surface area contributed by atoms with Crippen molar-refractivity contribution in [3.63, 3.8) is 0 Å². The number of aryl methyl sites for hydroxylation is 1. The van der Waals surface area contributed by atoms with E-state index in [-0.39, 0.29) is 0 Å². The molecule has 4 rings (SSSR count). The van der Waals surface area contributed by atoms with Crippen LogP contribution in [0.15, 0.2) is 36.7 Å². The molecule has 2 aliphatic rings. The maximum atomic E-state index is 4.48. The van der Waals surface area contributed by atoms with Crippen molar-refractivity contribution in [1.82, 2.24) is 9.97 Å². The van der Waals surface area contributed by atoms with Crippen LogP contribution in [-0.4, -0.2) is 36.1 Å². The molecule has 0 amide bonds. The number of nitrogens with zero attached hydrogens (tertiary/aromatic N) is 4. The lowest BCUT2D eigenvalue weighted by Gasteiger charge is -2.36. The van der Waals surface area contributed by atoms with Crippen molar-refractivity contribution in [2.75, 3.05) is 36.0 Å². The van der Waals surface area contributed by atoms with Crippen LogP contribution >= 0.6 is 0 Å². The fraction of sp³-hybridized carbons (Fsp3) is 0.444. The Balaban J connectivity index is 1.44. The number of piperazine rings is 1. The summed E-state index contributed by atoms with van der Waals surface area (Å²) in [5, 5.41) is 0. The van der Waals surface area contributed by atoms with Crippen LogP contribution in [0.4, 0.5) is 11.5 Å². The largest absolute Gasteiger partial charge is 0.368 e. The van der Waals surface area contributed by atoms with Gasteiger partial charge in [0.05, 0.1) is 0 Å². The second kappa shape index (κ2) is 5.59. The van der Waals surface area contributed by atoms with Crippen LogP contribution in [0.1, 0.15) is 30.0 Å².